The van der Waals surface area contributed by atoms with Crippen LogP contribution in [0.3, 0.4) is 0 Å². The summed E-state index contributed by atoms with van der Waals surface area (Å²) in [4.78, 5) is 23.1. The van der Waals surface area contributed by atoms with E-state index in [0.29, 0.717) is 10.6 Å². The molecule has 1 aromatic carbocycles. The molecule has 0 saturated carbocycles. The molecule has 2 N–H and O–H groups in total. The molecule has 0 aromatic heterocycles. The fourth-order valence-corrected chi connectivity index (χ4v) is 2.41. The Hall–Kier alpha value is -1.24. The van der Waals surface area contributed by atoms with E-state index in [9.17, 15) is 9.59 Å². The highest BCUT2D eigenvalue weighted by atomic mass is 35.5. The lowest BCUT2D eigenvalue weighted by atomic mass is 10.2. The molecule has 5 nitrogen and oxygen atoms in total. The maximum atomic E-state index is 12.0. The first-order valence-corrected chi connectivity index (χ1v) is 7.41. The molecule has 0 aliphatic heterocycles. The monoisotopic (exact) mass is 317 g/mol. The zero-order chi connectivity index (χ0) is 15.0. The van der Waals surface area contributed by atoms with Gasteiger partial charge in [0, 0.05) is 16.5 Å². The molecule has 0 radical (unpaired) electrons. The number of ether oxygens (including phenoxy) is 1. The minimum Gasteiger partial charge on any atom is -0.480 e. The molecule has 0 fully saturated rings. The molecule has 7 heteroatoms. The lowest BCUT2D eigenvalue weighted by molar-refractivity contribution is -0.142. The van der Waals surface area contributed by atoms with Crippen molar-refractivity contribution in [2.24, 2.45) is 0 Å². The van der Waals surface area contributed by atoms with Gasteiger partial charge in [-0.1, -0.05) is 18.5 Å². The number of hydrogen-bond acceptors (Lipinski definition) is 4. The number of benzene rings is 1. The molecule has 0 aliphatic carbocycles. The third kappa shape index (κ3) is 5.81. The van der Waals surface area contributed by atoms with Crippen molar-refractivity contribution >= 4 is 35.2 Å². The van der Waals surface area contributed by atoms with E-state index in [1.165, 1.54) is 0 Å². The summed E-state index contributed by atoms with van der Waals surface area (Å²) in [6.07, 6.45) is 0. The number of carboxylic acid groups (broad SMARTS) is 1. The van der Waals surface area contributed by atoms with Gasteiger partial charge in [-0.25, -0.2) is 4.79 Å². The highest BCUT2D eigenvalue weighted by molar-refractivity contribution is 7.99. The van der Waals surface area contributed by atoms with Gasteiger partial charge in [0.1, 0.15) is 6.61 Å². The van der Waals surface area contributed by atoms with Gasteiger partial charge in [0.15, 0.2) is 0 Å². The number of carbonyl (C=O) groups excluding carboxylic acids is 1. The van der Waals surface area contributed by atoms with Gasteiger partial charge in [-0.3, -0.25) is 4.79 Å². The Balaban J connectivity index is 2.53. The normalized spacial score (nSPS) is 10.3. The first kappa shape index (κ1) is 16.8. The Bertz CT molecular complexity index is 481. The maximum Gasteiger partial charge on any atom is 0.329 e. The zero-order valence-corrected chi connectivity index (χ0v) is 12.6. The number of nitrogens with one attached hydrogen (secondary N) is 1. The molecule has 20 heavy (non-hydrogen) atoms. The molecule has 1 rings (SSSR count). The molecule has 0 bridgehead atoms. The summed E-state index contributed by atoms with van der Waals surface area (Å²) < 4.78 is 4.84. The Morgan fingerprint density at radius 1 is 1.45 bits per heavy atom. The number of halogens is 1. The van der Waals surface area contributed by atoms with Gasteiger partial charge in [-0.15, -0.1) is 11.8 Å². The smallest absolute Gasteiger partial charge is 0.329 e. The van der Waals surface area contributed by atoms with Crippen molar-refractivity contribution in [3.63, 3.8) is 0 Å². The summed E-state index contributed by atoms with van der Waals surface area (Å²) >= 11 is 7.46. The van der Waals surface area contributed by atoms with Crippen LogP contribution in [0.15, 0.2) is 23.1 Å². The van der Waals surface area contributed by atoms with Crippen LogP contribution in [-0.4, -0.2) is 42.5 Å². The quantitative estimate of drug-likeness (QED) is 0.568. The summed E-state index contributed by atoms with van der Waals surface area (Å²) in [5.74, 6) is -0.431. The second-order valence-corrected chi connectivity index (χ2v) is 5.52. The largest absolute Gasteiger partial charge is 0.480 e. The fraction of sp³-hybridized carbons (Fsp3) is 0.385. The molecular weight excluding hydrogens is 302 g/mol. The van der Waals surface area contributed by atoms with Gasteiger partial charge in [0.25, 0.3) is 5.91 Å². The third-order valence-corrected chi connectivity index (χ3v) is 3.43. The van der Waals surface area contributed by atoms with Crippen LogP contribution in [0.4, 0.5) is 0 Å². The SMILES string of the molecule is CCSc1ccc(Cl)cc1C(=O)NCCOCC(=O)O. The number of aliphatic carboxylic acids is 1. The van der Waals surface area contributed by atoms with Crippen molar-refractivity contribution in [1.29, 1.82) is 0 Å². The van der Waals surface area contributed by atoms with Gasteiger partial charge in [-0.2, -0.15) is 0 Å². The Kier molecular flexibility index (Phi) is 7.43. The first-order valence-electron chi connectivity index (χ1n) is 6.04. The maximum absolute atomic E-state index is 12.0. The highest BCUT2D eigenvalue weighted by Gasteiger charge is 2.11. The number of hydrogen-bond donors (Lipinski definition) is 2. The predicted octanol–water partition coefficient (Wildman–Crippen LogP) is 2.28. The average Bonchev–Trinajstić information content (AvgIpc) is 2.40. The molecule has 1 aromatic rings. The molecule has 110 valence electrons. The van der Waals surface area contributed by atoms with E-state index in [4.69, 9.17) is 21.4 Å². The average molecular weight is 318 g/mol. The molecule has 1 amide bonds. The minimum absolute atomic E-state index is 0.148. The van der Waals surface area contributed by atoms with Gasteiger partial charge in [-0.05, 0) is 24.0 Å². The summed E-state index contributed by atoms with van der Waals surface area (Å²) in [6, 6.07) is 5.17. The van der Waals surface area contributed by atoms with Gasteiger partial charge >= 0.3 is 5.97 Å². The molecule has 0 unspecified atom stereocenters. The van der Waals surface area contributed by atoms with Crippen molar-refractivity contribution < 1.29 is 19.4 Å². The Morgan fingerprint density at radius 2 is 2.20 bits per heavy atom. The van der Waals surface area contributed by atoms with E-state index in [0.717, 1.165) is 10.6 Å². The van der Waals surface area contributed by atoms with E-state index in [2.05, 4.69) is 5.32 Å². The van der Waals surface area contributed by atoms with Crippen LogP contribution in [0.2, 0.25) is 5.02 Å². The van der Waals surface area contributed by atoms with Crippen LogP contribution in [0.25, 0.3) is 0 Å². The van der Waals surface area contributed by atoms with Crippen LogP contribution in [-0.2, 0) is 9.53 Å². The van der Waals surface area contributed by atoms with Crippen molar-refractivity contribution in [3.8, 4) is 0 Å². The summed E-state index contributed by atoms with van der Waals surface area (Å²) in [7, 11) is 0. The van der Waals surface area contributed by atoms with Gasteiger partial charge in [0.2, 0.25) is 0 Å². The van der Waals surface area contributed by atoms with Crippen LogP contribution in [0.5, 0.6) is 0 Å². The van der Waals surface area contributed by atoms with Crippen molar-refractivity contribution in [2.75, 3.05) is 25.5 Å². The van der Waals surface area contributed by atoms with Gasteiger partial charge < -0.3 is 15.2 Å². The summed E-state index contributed by atoms with van der Waals surface area (Å²) in [6.45, 7) is 2.02. The summed E-state index contributed by atoms with van der Waals surface area (Å²) in [5.41, 5.74) is 0.516. The van der Waals surface area contributed by atoms with E-state index < -0.39 is 5.97 Å². The molecular formula is C13H16ClNO4S. The van der Waals surface area contributed by atoms with Gasteiger partial charge in [0.05, 0.1) is 12.2 Å². The number of rotatable bonds is 8. The van der Waals surface area contributed by atoms with E-state index in [-0.39, 0.29) is 25.7 Å². The molecule has 0 saturated heterocycles. The van der Waals surface area contributed by atoms with Crippen LogP contribution in [0, 0.1) is 0 Å². The number of carboxylic acids is 1. The van der Waals surface area contributed by atoms with E-state index in [1.54, 1.807) is 23.9 Å². The number of amides is 1. The molecule has 0 aliphatic rings. The second kappa shape index (κ2) is 8.84. The van der Waals surface area contributed by atoms with Crippen molar-refractivity contribution in [3.05, 3.63) is 28.8 Å². The fourth-order valence-electron chi connectivity index (χ4n) is 1.45. The topological polar surface area (TPSA) is 75.6 Å². The van der Waals surface area contributed by atoms with Crippen LogP contribution >= 0.6 is 23.4 Å². The zero-order valence-electron chi connectivity index (χ0n) is 11.0. The molecule has 0 atom stereocenters. The first-order chi connectivity index (χ1) is 9.54. The lowest BCUT2D eigenvalue weighted by Crippen LogP contribution is -2.28. The minimum atomic E-state index is -1.03. The predicted molar refractivity (Wildman–Crippen MR) is 78.6 cm³/mol. The van der Waals surface area contributed by atoms with Crippen molar-refractivity contribution in [1.82, 2.24) is 5.32 Å². The van der Waals surface area contributed by atoms with Crippen LogP contribution < -0.4 is 5.32 Å². The summed E-state index contributed by atoms with van der Waals surface area (Å²) in [5, 5.41) is 11.6. The van der Waals surface area contributed by atoms with Crippen molar-refractivity contribution in [2.45, 2.75) is 11.8 Å². The number of thioether (sulfide) groups is 1. The van der Waals surface area contributed by atoms with E-state index >= 15 is 0 Å². The third-order valence-electron chi connectivity index (χ3n) is 2.24. The Morgan fingerprint density at radius 3 is 2.85 bits per heavy atom. The Labute approximate surface area is 126 Å². The lowest BCUT2D eigenvalue weighted by Gasteiger charge is -2.10. The second-order valence-electron chi connectivity index (χ2n) is 3.78. The van der Waals surface area contributed by atoms with Crippen LogP contribution in [0.1, 0.15) is 17.3 Å². The number of carbonyl (C=O) groups is 2. The molecule has 0 heterocycles. The standard InChI is InChI=1S/C13H16ClNO4S/c1-2-20-11-4-3-9(14)7-10(11)13(18)15-5-6-19-8-12(16)17/h3-4,7H,2,5-6,8H2,1H3,(H,15,18)(H,16,17). The highest BCUT2D eigenvalue weighted by Crippen LogP contribution is 2.25. The molecule has 0 spiro atoms. The van der Waals surface area contributed by atoms with E-state index in [1.807, 2.05) is 13.0 Å².